The summed E-state index contributed by atoms with van der Waals surface area (Å²) in [5.41, 5.74) is 1.47. The number of rotatable bonds is 8. The molecule has 0 unspecified atom stereocenters. The van der Waals surface area contributed by atoms with Crippen LogP contribution in [-0.4, -0.2) is 66.2 Å². The quantitative estimate of drug-likeness (QED) is 0.173. The number of hydrogen-bond acceptors (Lipinski definition) is 7. The Hall–Kier alpha value is -4.04. The SMILES string of the molecule is O=C(O)c1cn(C2CC2)c2cc(N3CCN(Cn4nc(-c5cccc(O)c5)n(Cc5ccc(Br)cc5Cl)c4=S)CC3)c(F)cc2c1=O. The largest absolute Gasteiger partial charge is 0.508 e. The van der Waals surface area contributed by atoms with E-state index in [1.807, 2.05) is 38.3 Å². The number of carboxylic acid groups (broad SMARTS) is 1. The van der Waals surface area contributed by atoms with Crippen LogP contribution >= 0.6 is 39.7 Å². The van der Waals surface area contributed by atoms with E-state index in [2.05, 4.69) is 20.8 Å². The van der Waals surface area contributed by atoms with Gasteiger partial charge in [-0.05, 0) is 67.0 Å². The fourth-order valence-corrected chi connectivity index (χ4v) is 7.07. The van der Waals surface area contributed by atoms with Gasteiger partial charge in [-0.25, -0.2) is 13.9 Å². The van der Waals surface area contributed by atoms with E-state index in [1.54, 1.807) is 28.9 Å². The fraction of sp³-hybridized carbons (Fsp3) is 0.273. The van der Waals surface area contributed by atoms with E-state index in [1.165, 1.54) is 12.3 Å². The zero-order valence-electron chi connectivity index (χ0n) is 24.9. The number of aromatic nitrogens is 4. The predicted octanol–water partition coefficient (Wildman–Crippen LogP) is 6.52. The minimum absolute atomic E-state index is 0.0774. The molecule has 2 aromatic heterocycles. The number of benzene rings is 3. The molecule has 1 aliphatic heterocycles. The maximum Gasteiger partial charge on any atom is 0.341 e. The Bertz CT molecular complexity index is 2170. The predicted molar refractivity (Wildman–Crippen MR) is 184 cm³/mol. The van der Waals surface area contributed by atoms with Crippen molar-refractivity contribution in [2.24, 2.45) is 0 Å². The van der Waals surface area contributed by atoms with Crippen LogP contribution in [-0.2, 0) is 13.2 Å². The van der Waals surface area contributed by atoms with Crippen LogP contribution in [0.25, 0.3) is 22.3 Å². The third kappa shape index (κ3) is 6.20. The summed E-state index contributed by atoms with van der Waals surface area (Å²) in [7, 11) is 0. The number of hydrogen-bond donors (Lipinski definition) is 2. The molecule has 2 aliphatic rings. The molecule has 1 saturated heterocycles. The number of pyridine rings is 1. The van der Waals surface area contributed by atoms with E-state index in [0.717, 1.165) is 22.9 Å². The molecule has 14 heteroatoms. The highest BCUT2D eigenvalue weighted by Gasteiger charge is 2.29. The van der Waals surface area contributed by atoms with Crippen molar-refractivity contribution in [3.05, 3.63) is 102 Å². The van der Waals surface area contributed by atoms with Gasteiger partial charge in [-0.3, -0.25) is 14.3 Å². The van der Waals surface area contributed by atoms with E-state index in [0.29, 0.717) is 71.8 Å². The van der Waals surface area contributed by atoms with Crippen LogP contribution in [0.1, 0.15) is 34.8 Å². The zero-order chi connectivity index (χ0) is 33.0. The van der Waals surface area contributed by atoms with Crippen molar-refractivity contribution in [2.45, 2.75) is 32.1 Å². The second-order valence-electron chi connectivity index (χ2n) is 11.9. The molecule has 0 amide bonds. The van der Waals surface area contributed by atoms with Gasteiger partial charge in [0.05, 0.1) is 24.4 Å². The molecule has 0 atom stereocenters. The summed E-state index contributed by atoms with van der Waals surface area (Å²) in [6.07, 6.45) is 3.15. The third-order valence-corrected chi connectivity index (χ3v) is 9.97. The van der Waals surface area contributed by atoms with Gasteiger partial charge in [-0.2, -0.15) is 5.10 Å². The van der Waals surface area contributed by atoms with E-state index >= 15 is 4.39 Å². The lowest BCUT2D eigenvalue weighted by atomic mass is 10.1. The van der Waals surface area contributed by atoms with Crippen LogP contribution in [0.15, 0.2) is 70.1 Å². The van der Waals surface area contributed by atoms with Crippen LogP contribution in [0, 0.1) is 10.6 Å². The lowest BCUT2D eigenvalue weighted by molar-refractivity contribution is 0.0694. The molecular weight excluding hydrogens is 711 g/mol. The van der Waals surface area contributed by atoms with Crippen LogP contribution in [0.3, 0.4) is 0 Å². The molecule has 0 radical (unpaired) electrons. The van der Waals surface area contributed by atoms with E-state index < -0.39 is 17.2 Å². The van der Waals surface area contributed by atoms with Crippen LogP contribution in [0.4, 0.5) is 10.1 Å². The number of halogens is 3. The fourth-order valence-electron chi connectivity index (χ4n) is 6.08. The lowest BCUT2D eigenvalue weighted by Gasteiger charge is -2.36. The molecule has 10 nitrogen and oxygen atoms in total. The van der Waals surface area contributed by atoms with Crippen LogP contribution in [0.2, 0.25) is 5.02 Å². The number of carbonyl (C=O) groups is 1. The van der Waals surface area contributed by atoms with Gasteiger partial charge < -0.3 is 19.7 Å². The second-order valence-corrected chi connectivity index (χ2v) is 13.5. The first-order valence-electron chi connectivity index (χ1n) is 15.1. The normalized spacial score (nSPS) is 15.4. The molecule has 1 saturated carbocycles. The first kappa shape index (κ1) is 31.6. The highest BCUT2D eigenvalue weighted by Crippen LogP contribution is 2.38. The zero-order valence-corrected chi connectivity index (χ0v) is 28.1. The summed E-state index contributed by atoms with van der Waals surface area (Å²) in [4.78, 5) is 28.7. The van der Waals surface area contributed by atoms with Gasteiger partial charge in [0.25, 0.3) is 0 Å². The van der Waals surface area contributed by atoms with Gasteiger partial charge in [0, 0.05) is 58.9 Å². The number of piperazine rings is 1. The number of anilines is 1. The highest BCUT2D eigenvalue weighted by molar-refractivity contribution is 9.10. The minimum atomic E-state index is -1.32. The van der Waals surface area contributed by atoms with E-state index in [4.69, 9.17) is 28.9 Å². The molecule has 3 heterocycles. The maximum atomic E-state index is 15.5. The number of phenolic OH excluding ortho intramolecular Hbond substituents is 1. The van der Waals surface area contributed by atoms with Crippen LogP contribution in [0.5, 0.6) is 5.75 Å². The number of fused-ring (bicyclic) bond motifs is 1. The number of aromatic carboxylic acids is 1. The van der Waals surface area contributed by atoms with Gasteiger partial charge >= 0.3 is 5.97 Å². The van der Waals surface area contributed by atoms with Gasteiger partial charge in [0.2, 0.25) is 5.43 Å². The summed E-state index contributed by atoms with van der Waals surface area (Å²) < 4.78 is 22.3. The number of phenols is 1. The Morgan fingerprint density at radius 2 is 1.85 bits per heavy atom. The maximum absolute atomic E-state index is 15.5. The summed E-state index contributed by atoms with van der Waals surface area (Å²) in [6, 6.07) is 15.5. The first-order chi connectivity index (χ1) is 22.6. The first-order valence-corrected chi connectivity index (χ1v) is 16.7. The molecule has 47 heavy (non-hydrogen) atoms. The number of aromatic hydroxyl groups is 1. The monoisotopic (exact) mass is 738 g/mol. The second kappa shape index (κ2) is 12.5. The summed E-state index contributed by atoms with van der Waals surface area (Å²) in [6.45, 7) is 3.01. The molecule has 0 spiro atoms. The van der Waals surface area contributed by atoms with Crippen molar-refractivity contribution in [3.8, 4) is 17.1 Å². The highest BCUT2D eigenvalue weighted by atomic mass is 79.9. The Balaban J connectivity index is 1.14. The van der Waals surface area contributed by atoms with E-state index in [9.17, 15) is 19.8 Å². The van der Waals surface area contributed by atoms with E-state index in [-0.39, 0.29) is 22.7 Å². The molecule has 1 aliphatic carbocycles. The van der Waals surface area contributed by atoms with Crippen molar-refractivity contribution in [1.82, 2.24) is 23.8 Å². The molecule has 0 bridgehead atoms. The van der Waals surface area contributed by atoms with Crippen molar-refractivity contribution in [3.63, 3.8) is 0 Å². The van der Waals surface area contributed by atoms with Crippen molar-refractivity contribution in [2.75, 3.05) is 31.1 Å². The smallest absolute Gasteiger partial charge is 0.341 e. The Kier molecular flexibility index (Phi) is 8.41. The Morgan fingerprint density at radius 3 is 2.53 bits per heavy atom. The van der Waals surface area contributed by atoms with Gasteiger partial charge in [0.1, 0.15) is 17.1 Å². The van der Waals surface area contributed by atoms with Gasteiger partial charge in [-0.1, -0.05) is 45.7 Å². The molecule has 5 aromatic rings. The number of nitrogens with zero attached hydrogens (tertiary/aromatic N) is 6. The topological polar surface area (TPSA) is 109 Å². The molecule has 3 aromatic carbocycles. The van der Waals surface area contributed by atoms with Gasteiger partial charge in [-0.15, -0.1) is 0 Å². The molecule has 2 fully saturated rings. The summed E-state index contributed by atoms with van der Waals surface area (Å²) in [5, 5.41) is 25.3. The average molecular weight is 740 g/mol. The lowest BCUT2D eigenvalue weighted by Crippen LogP contribution is -2.47. The average Bonchev–Trinajstić information content (AvgIpc) is 3.84. The number of carboxylic acids is 1. The third-order valence-electron chi connectivity index (χ3n) is 8.69. The summed E-state index contributed by atoms with van der Waals surface area (Å²) in [5.74, 6) is -1.17. The summed E-state index contributed by atoms with van der Waals surface area (Å²) >= 11 is 15.9. The minimum Gasteiger partial charge on any atom is -0.508 e. The molecule has 242 valence electrons. The van der Waals surface area contributed by atoms with Gasteiger partial charge in [0.15, 0.2) is 10.6 Å². The van der Waals surface area contributed by atoms with Crippen molar-refractivity contribution < 1.29 is 19.4 Å². The van der Waals surface area contributed by atoms with Crippen molar-refractivity contribution >= 4 is 62.3 Å². The molecule has 7 rings (SSSR count). The standard InChI is InChI=1S/C33H29BrClFN6O4S/c34-21-5-4-20(26(35)13-21)16-41-31(19-2-1-3-23(43)12-19)37-42(33(41)47)18-38-8-10-39(11-9-38)29-15-28-24(14-27(29)36)30(44)25(32(45)46)17-40(28)22-6-7-22/h1-5,12-15,17,22,43H,6-11,16,18H2,(H,45,46). The molecular formula is C33H29BrClFN6O4S. The molecule has 2 N–H and O–H groups in total. The Labute approximate surface area is 287 Å². The Morgan fingerprint density at radius 1 is 1.09 bits per heavy atom. The van der Waals surface area contributed by atoms with Crippen LogP contribution < -0.4 is 10.3 Å². The van der Waals surface area contributed by atoms with Crippen molar-refractivity contribution in [1.29, 1.82) is 0 Å².